The van der Waals surface area contributed by atoms with Crippen LogP contribution in [0.15, 0.2) is 48.5 Å². The number of carbonyl (C=O) groups excluding carboxylic acids is 3. The summed E-state index contributed by atoms with van der Waals surface area (Å²) in [5.74, 6) is -1.82. The third-order valence-corrected chi connectivity index (χ3v) is 5.03. The predicted molar refractivity (Wildman–Crippen MR) is 110 cm³/mol. The van der Waals surface area contributed by atoms with Gasteiger partial charge in [0.15, 0.2) is 0 Å². The van der Waals surface area contributed by atoms with Crippen molar-refractivity contribution < 1.29 is 32.7 Å². The molecule has 0 radical (unpaired) electrons. The summed E-state index contributed by atoms with van der Waals surface area (Å²) >= 11 is 0. The van der Waals surface area contributed by atoms with Crippen molar-refractivity contribution in [3.8, 4) is 5.75 Å². The van der Waals surface area contributed by atoms with Crippen LogP contribution in [-0.2, 0) is 15.8 Å². The molecule has 32 heavy (non-hydrogen) atoms. The molecule has 1 aliphatic rings. The van der Waals surface area contributed by atoms with E-state index in [2.05, 4.69) is 10.6 Å². The van der Waals surface area contributed by atoms with Gasteiger partial charge in [0.1, 0.15) is 5.75 Å². The number of amides is 3. The van der Waals surface area contributed by atoms with Crippen molar-refractivity contribution in [2.75, 3.05) is 24.5 Å². The molecule has 3 amide bonds. The first kappa shape index (κ1) is 23.1. The molecule has 0 bridgehead atoms. The normalized spacial score (nSPS) is 16.2. The van der Waals surface area contributed by atoms with Gasteiger partial charge in [-0.25, -0.2) is 0 Å². The second-order valence-electron chi connectivity index (χ2n) is 7.40. The Kier molecular flexibility index (Phi) is 7.01. The van der Waals surface area contributed by atoms with Gasteiger partial charge in [-0.1, -0.05) is 12.1 Å². The van der Waals surface area contributed by atoms with E-state index < -0.39 is 23.6 Å². The molecule has 2 aromatic carbocycles. The van der Waals surface area contributed by atoms with E-state index in [-0.39, 0.29) is 49.3 Å². The van der Waals surface area contributed by atoms with E-state index in [1.165, 1.54) is 29.2 Å². The molecule has 3 N–H and O–H groups in total. The van der Waals surface area contributed by atoms with E-state index in [9.17, 15) is 32.7 Å². The van der Waals surface area contributed by atoms with E-state index in [0.717, 1.165) is 12.1 Å². The van der Waals surface area contributed by atoms with Gasteiger partial charge in [-0.3, -0.25) is 14.4 Å². The molecule has 2 aromatic rings. The van der Waals surface area contributed by atoms with Crippen LogP contribution in [0.1, 0.15) is 28.8 Å². The molecule has 1 aliphatic heterocycles. The third kappa shape index (κ3) is 5.77. The SMILES string of the molecule is O=C(NCCCNC(=O)C1CC(=O)N(c2cccc(C(F)(F)F)c2)C1)c1cccc(O)c1. The summed E-state index contributed by atoms with van der Waals surface area (Å²) in [6.45, 7) is 0.544. The van der Waals surface area contributed by atoms with E-state index >= 15 is 0 Å². The fourth-order valence-electron chi connectivity index (χ4n) is 3.38. The van der Waals surface area contributed by atoms with Gasteiger partial charge < -0.3 is 20.6 Å². The Labute approximate surface area is 182 Å². The second kappa shape index (κ2) is 9.71. The van der Waals surface area contributed by atoms with Gasteiger partial charge in [-0.15, -0.1) is 0 Å². The summed E-state index contributed by atoms with van der Waals surface area (Å²) in [4.78, 5) is 37.8. The number of hydrogen-bond acceptors (Lipinski definition) is 4. The minimum atomic E-state index is -4.52. The van der Waals surface area contributed by atoms with Gasteiger partial charge in [-0.05, 0) is 42.8 Å². The zero-order valence-electron chi connectivity index (χ0n) is 17.0. The summed E-state index contributed by atoms with van der Waals surface area (Å²) < 4.78 is 38.8. The fourth-order valence-corrected chi connectivity index (χ4v) is 3.38. The van der Waals surface area contributed by atoms with Crippen LogP contribution in [0.5, 0.6) is 5.75 Å². The maximum absolute atomic E-state index is 12.9. The quantitative estimate of drug-likeness (QED) is 0.566. The molecular weight excluding hydrogens is 427 g/mol. The lowest BCUT2D eigenvalue weighted by Gasteiger charge is -2.18. The highest BCUT2D eigenvalue weighted by atomic mass is 19.4. The number of phenols is 1. The number of hydrogen-bond donors (Lipinski definition) is 3. The molecule has 1 saturated heterocycles. The fraction of sp³-hybridized carbons (Fsp3) is 0.318. The Morgan fingerprint density at radius 1 is 1.06 bits per heavy atom. The summed E-state index contributed by atoms with van der Waals surface area (Å²) in [7, 11) is 0. The molecule has 10 heteroatoms. The number of anilines is 1. The summed E-state index contributed by atoms with van der Waals surface area (Å²) in [6, 6.07) is 10.4. The van der Waals surface area contributed by atoms with Crippen molar-refractivity contribution >= 4 is 23.4 Å². The van der Waals surface area contributed by atoms with Gasteiger partial charge in [-0.2, -0.15) is 13.2 Å². The molecule has 7 nitrogen and oxygen atoms in total. The first-order valence-corrected chi connectivity index (χ1v) is 9.97. The van der Waals surface area contributed by atoms with Gasteiger partial charge in [0.25, 0.3) is 5.91 Å². The predicted octanol–water partition coefficient (Wildman–Crippen LogP) is 2.70. The van der Waals surface area contributed by atoms with Crippen LogP contribution in [0.25, 0.3) is 0 Å². The molecular formula is C22H22F3N3O4. The van der Waals surface area contributed by atoms with Gasteiger partial charge in [0, 0.05) is 37.3 Å². The van der Waals surface area contributed by atoms with Crippen molar-refractivity contribution in [1.29, 1.82) is 0 Å². The summed E-state index contributed by atoms with van der Waals surface area (Å²) in [6.07, 6.45) is -4.17. The number of carbonyl (C=O) groups is 3. The number of halogens is 3. The van der Waals surface area contributed by atoms with Gasteiger partial charge in [0.2, 0.25) is 11.8 Å². The van der Waals surface area contributed by atoms with Crippen LogP contribution in [-0.4, -0.2) is 42.5 Å². The second-order valence-corrected chi connectivity index (χ2v) is 7.40. The minimum absolute atomic E-state index is 0.000212. The van der Waals surface area contributed by atoms with Crippen LogP contribution < -0.4 is 15.5 Å². The molecule has 170 valence electrons. The van der Waals surface area contributed by atoms with Crippen molar-refractivity contribution in [3.63, 3.8) is 0 Å². The zero-order chi connectivity index (χ0) is 23.3. The lowest BCUT2D eigenvalue weighted by Crippen LogP contribution is -2.35. The Bertz CT molecular complexity index is 1010. The molecule has 0 aromatic heterocycles. The molecule has 0 spiro atoms. The number of nitrogens with zero attached hydrogens (tertiary/aromatic N) is 1. The monoisotopic (exact) mass is 449 g/mol. The topological polar surface area (TPSA) is 98.7 Å². The van der Waals surface area contributed by atoms with Crippen LogP contribution in [0.3, 0.4) is 0 Å². The lowest BCUT2D eigenvalue weighted by atomic mass is 10.1. The van der Waals surface area contributed by atoms with Crippen molar-refractivity contribution in [2.24, 2.45) is 5.92 Å². The van der Waals surface area contributed by atoms with Crippen molar-refractivity contribution in [2.45, 2.75) is 19.0 Å². The summed E-state index contributed by atoms with van der Waals surface area (Å²) in [5.41, 5.74) is -0.438. The number of benzene rings is 2. The number of rotatable bonds is 7. The largest absolute Gasteiger partial charge is 0.508 e. The molecule has 1 unspecified atom stereocenters. The first-order chi connectivity index (χ1) is 15.1. The maximum Gasteiger partial charge on any atom is 0.416 e. The van der Waals surface area contributed by atoms with Crippen LogP contribution in [0.4, 0.5) is 18.9 Å². The van der Waals surface area contributed by atoms with Crippen LogP contribution in [0, 0.1) is 5.92 Å². The molecule has 0 aliphatic carbocycles. The Morgan fingerprint density at radius 3 is 2.50 bits per heavy atom. The zero-order valence-corrected chi connectivity index (χ0v) is 17.0. The van der Waals surface area contributed by atoms with E-state index in [0.29, 0.717) is 12.0 Å². The number of alkyl halides is 3. The number of phenolic OH excluding ortho intramolecular Hbond substituents is 1. The Morgan fingerprint density at radius 2 is 1.78 bits per heavy atom. The average Bonchev–Trinajstić information content (AvgIpc) is 3.14. The average molecular weight is 449 g/mol. The third-order valence-electron chi connectivity index (χ3n) is 5.03. The van der Waals surface area contributed by atoms with E-state index in [1.807, 2.05) is 0 Å². The highest BCUT2D eigenvalue weighted by molar-refractivity contribution is 6.00. The Balaban J connectivity index is 1.44. The maximum atomic E-state index is 12.9. The van der Waals surface area contributed by atoms with E-state index in [1.54, 1.807) is 12.1 Å². The molecule has 1 fully saturated rings. The van der Waals surface area contributed by atoms with Crippen molar-refractivity contribution in [3.05, 3.63) is 59.7 Å². The number of nitrogens with one attached hydrogen (secondary N) is 2. The highest BCUT2D eigenvalue weighted by Crippen LogP contribution is 2.33. The molecule has 1 atom stereocenters. The molecule has 3 rings (SSSR count). The lowest BCUT2D eigenvalue weighted by molar-refractivity contribution is -0.137. The smallest absolute Gasteiger partial charge is 0.416 e. The van der Waals surface area contributed by atoms with Crippen LogP contribution in [0.2, 0.25) is 0 Å². The summed E-state index contributed by atoms with van der Waals surface area (Å²) in [5, 5.41) is 14.7. The Hall–Kier alpha value is -3.56. The first-order valence-electron chi connectivity index (χ1n) is 9.97. The minimum Gasteiger partial charge on any atom is -0.508 e. The van der Waals surface area contributed by atoms with Crippen molar-refractivity contribution in [1.82, 2.24) is 10.6 Å². The number of aromatic hydroxyl groups is 1. The van der Waals surface area contributed by atoms with Gasteiger partial charge in [0.05, 0.1) is 11.5 Å². The van der Waals surface area contributed by atoms with Crippen LogP contribution >= 0.6 is 0 Å². The molecule has 0 saturated carbocycles. The molecule has 1 heterocycles. The van der Waals surface area contributed by atoms with Gasteiger partial charge >= 0.3 is 6.18 Å². The highest BCUT2D eigenvalue weighted by Gasteiger charge is 2.36. The standard InChI is InChI=1S/C22H22F3N3O4/c23-22(24,25)16-5-2-6-17(12-16)28-13-15(11-19(28)30)21(32)27-9-3-8-26-20(31)14-4-1-7-18(29)10-14/h1-2,4-7,10,12,15,29H,3,8-9,11,13H2,(H,26,31)(H,27,32). The van der Waals surface area contributed by atoms with E-state index in [4.69, 9.17) is 0 Å².